The molecule has 13 heavy (non-hydrogen) atoms. The minimum Gasteiger partial charge on any atom is -1.00 e. The van der Waals surface area contributed by atoms with Crippen LogP contribution in [-0.4, -0.2) is 13.1 Å². The third kappa shape index (κ3) is 2.58. The van der Waals surface area contributed by atoms with Gasteiger partial charge in [-0.15, -0.1) is 0 Å². The molecule has 0 atom stereocenters. The fourth-order valence-corrected chi connectivity index (χ4v) is 1.54. The van der Waals surface area contributed by atoms with Gasteiger partial charge >= 0.3 is 0 Å². The van der Waals surface area contributed by atoms with E-state index in [1.807, 2.05) is 0 Å². The van der Waals surface area contributed by atoms with Crippen molar-refractivity contribution in [1.29, 1.82) is 0 Å². The highest BCUT2D eigenvalue weighted by Gasteiger charge is 2.03. The lowest BCUT2D eigenvalue weighted by Crippen LogP contribution is -3.00. The second-order valence-corrected chi connectivity index (χ2v) is 3.05. The predicted octanol–water partition coefficient (Wildman–Crippen LogP) is -0.933. The molecule has 70 valence electrons. The molecule has 0 saturated carbocycles. The van der Waals surface area contributed by atoms with Crippen LogP contribution in [0.15, 0.2) is 36.4 Å². The normalized spacial score (nSPS) is 15.8. The highest BCUT2D eigenvalue weighted by molar-refractivity contribution is 5.66. The Morgan fingerprint density at radius 1 is 1.08 bits per heavy atom. The smallest absolute Gasteiger partial charge is 0.0140 e. The molecular formula is C11H13ClN-. The van der Waals surface area contributed by atoms with Gasteiger partial charge in [-0.05, 0) is 24.1 Å². The molecule has 0 fully saturated rings. The number of hydrogen-bond acceptors (Lipinski definition) is 1. The van der Waals surface area contributed by atoms with Gasteiger partial charge in [-0.1, -0.05) is 36.4 Å². The molecule has 0 spiro atoms. The van der Waals surface area contributed by atoms with Crippen molar-refractivity contribution in [2.75, 3.05) is 13.1 Å². The Morgan fingerprint density at radius 2 is 1.85 bits per heavy atom. The van der Waals surface area contributed by atoms with Crippen molar-refractivity contribution >= 4 is 5.57 Å². The van der Waals surface area contributed by atoms with Crippen LogP contribution in [0.4, 0.5) is 0 Å². The van der Waals surface area contributed by atoms with Crippen molar-refractivity contribution in [3.63, 3.8) is 0 Å². The largest absolute Gasteiger partial charge is 1.00 e. The molecule has 1 aliphatic heterocycles. The summed E-state index contributed by atoms with van der Waals surface area (Å²) in [6.45, 7) is 2.13. The van der Waals surface area contributed by atoms with E-state index in [0.29, 0.717) is 0 Å². The Morgan fingerprint density at radius 3 is 2.46 bits per heavy atom. The van der Waals surface area contributed by atoms with Crippen LogP contribution in [0.1, 0.15) is 12.0 Å². The molecule has 0 amide bonds. The molecule has 0 bridgehead atoms. The van der Waals surface area contributed by atoms with Crippen LogP contribution in [-0.2, 0) is 0 Å². The summed E-state index contributed by atoms with van der Waals surface area (Å²) in [5, 5.41) is 3.31. The van der Waals surface area contributed by atoms with Gasteiger partial charge in [0.2, 0.25) is 0 Å². The van der Waals surface area contributed by atoms with Gasteiger partial charge in [0.1, 0.15) is 0 Å². The Bertz CT molecular complexity index is 279. The summed E-state index contributed by atoms with van der Waals surface area (Å²) in [4.78, 5) is 0. The number of rotatable bonds is 1. The fraction of sp³-hybridized carbons (Fsp3) is 0.273. The predicted molar refractivity (Wildman–Crippen MR) is 51.9 cm³/mol. The average molecular weight is 195 g/mol. The second kappa shape index (κ2) is 5.05. The van der Waals surface area contributed by atoms with Crippen LogP contribution >= 0.6 is 0 Å². The third-order valence-corrected chi connectivity index (χ3v) is 2.21. The quantitative estimate of drug-likeness (QED) is 0.609. The fourth-order valence-electron chi connectivity index (χ4n) is 1.54. The van der Waals surface area contributed by atoms with Crippen LogP contribution < -0.4 is 17.7 Å². The Hall–Kier alpha value is -0.790. The number of nitrogens with one attached hydrogen (secondary N) is 1. The highest BCUT2D eigenvalue weighted by atomic mass is 35.5. The summed E-state index contributed by atoms with van der Waals surface area (Å²) in [6, 6.07) is 10.6. The van der Waals surface area contributed by atoms with Gasteiger partial charge in [-0.2, -0.15) is 0 Å². The Kier molecular flexibility index (Phi) is 4.00. The Labute approximate surface area is 85.3 Å². The number of hydrogen-bond donors (Lipinski definition) is 1. The monoisotopic (exact) mass is 194 g/mol. The van der Waals surface area contributed by atoms with Crippen LogP contribution in [0.3, 0.4) is 0 Å². The van der Waals surface area contributed by atoms with Gasteiger partial charge in [-0.3, -0.25) is 0 Å². The summed E-state index contributed by atoms with van der Waals surface area (Å²) >= 11 is 0. The van der Waals surface area contributed by atoms with E-state index in [1.165, 1.54) is 11.1 Å². The SMILES string of the molecule is C1=C(c2ccccc2)CCNC1.[Cl-]. The highest BCUT2D eigenvalue weighted by Crippen LogP contribution is 2.18. The van der Waals surface area contributed by atoms with Gasteiger partial charge in [0, 0.05) is 6.54 Å². The topological polar surface area (TPSA) is 12.0 Å². The van der Waals surface area contributed by atoms with E-state index >= 15 is 0 Å². The zero-order valence-corrected chi connectivity index (χ0v) is 8.22. The minimum atomic E-state index is 0. The lowest BCUT2D eigenvalue weighted by molar-refractivity contribution is -0.00000242. The van der Waals surface area contributed by atoms with Crippen molar-refractivity contribution in [1.82, 2.24) is 5.32 Å². The van der Waals surface area contributed by atoms with Crippen LogP contribution in [0, 0.1) is 0 Å². The van der Waals surface area contributed by atoms with E-state index in [0.717, 1.165) is 19.5 Å². The van der Waals surface area contributed by atoms with Gasteiger partial charge < -0.3 is 17.7 Å². The summed E-state index contributed by atoms with van der Waals surface area (Å²) in [5.41, 5.74) is 2.85. The molecule has 1 N–H and O–H groups in total. The van der Waals surface area contributed by atoms with Crippen LogP contribution in [0.25, 0.3) is 5.57 Å². The molecule has 0 saturated heterocycles. The van der Waals surface area contributed by atoms with Crippen LogP contribution in [0.5, 0.6) is 0 Å². The number of halogens is 1. The minimum absolute atomic E-state index is 0. The molecule has 2 rings (SSSR count). The first kappa shape index (κ1) is 10.3. The third-order valence-electron chi connectivity index (χ3n) is 2.21. The van der Waals surface area contributed by atoms with E-state index in [1.54, 1.807) is 0 Å². The van der Waals surface area contributed by atoms with Crippen molar-refractivity contribution in [2.24, 2.45) is 0 Å². The molecule has 1 aliphatic rings. The van der Waals surface area contributed by atoms with Gasteiger partial charge in [0.05, 0.1) is 0 Å². The van der Waals surface area contributed by atoms with Crippen LogP contribution in [0.2, 0.25) is 0 Å². The maximum Gasteiger partial charge on any atom is 0.0140 e. The molecule has 0 radical (unpaired) electrons. The summed E-state index contributed by atoms with van der Waals surface area (Å²) in [5.74, 6) is 0. The molecular weight excluding hydrogens is 182 g/mol. The maximum absolute atomic E-state index is 3.31. The van der Waals surface area contributed by atoms with Gasteiger partial charge in [0.25, 0.3) is 0 Å². The van der Waals surface area contributed by atoms with E-state index in [9.17, 15) is 0 Å². The summed E-state index contributed by atoms with van der Waals surface area (Å²) in [7, 11) is 0. The first-order chi connectivity index (χ1) is 5.97. The lowest BCUT2D eigenvalue weighted by Gasteiger charge is -2.13. The molecule has 0 aromatic heterocycles. The standard InChI is InChI=1S/C11H13N.ClH/c1-2-4-10(5-3-1)11-6-8-12-9-7-11;/h1-6,12H,7-9H2;1H/p-1. The second-order valence-electron chi connectivity index (χ2n) is 3.05. The molecule has 0 aliphatic carbocycles. The summed E-state index contributed by atoms with van der Waals surface area (Å²) in [6.07, 6.45) is 3.43. The number of benzene rings is 1. The van der Waals surface area contributed by atoms with Gasteiger partial charge in [-0.25, -0.2) is 0 Å². The van der Waals surface area contributed by atoms with E-state index in [-0.39, 0.29) is 12.4 Å². The van der Waals surface area contributed by atoms with Gasteiger partial charge in [0.15, 0.2) is 0 Å². The van der Waals surface area contributed by atoms with Crippen molar-refractivity contribution in [2.45, 2.75) is 6.42 Å². The van der Waals surface area contributed by atoms with E-state index in [4.69, 9.17) is 0 Å². The van der Waals surface area contributed by atoms with Crippen molar-refractivity contribution < 1.29 is 12.4 Å². The maximum atomic E-state index is 3.31. The molecule has 2 heteroatoms. The first-order valence-electron chi connectivity index (χ1n) is 4.42. The van der Waals surface area contributed by atoms with E-state index in [2.05, 4.69) is 41.7 Å². The first-order valence-corrected chi connectivity index (χ1v) is 4.42. The molecule has 1 aromatic carbocycles. The van der Waals surface area contributed by atoms with Crippen molar-refractivity contribution in [3.05, 3.63) is 42.0 Å². The molecule has 1 heterocycles. The average Bonchev–Trinajstić information content (AvgIpc) is 2.21. The Balaban J connectivity index is 0.000000845. The zero-order valence-electron chi connectivity index (χ0n) is 7.46. The molecule has 1 nitrogen and oxygen atoms in total. The van der Waals surface area contributed by atoms with Crippen molar-refractivity contribution in [3.8, 4) is 0 Å². The zero-order chi connectivity index (χ0) is 8.23. The molecule has 0 unspecified atom stereocenters. The lowest BCUT2D eigenvalue weighted by atomic mass is 10.0. The molecule has 1 aromatic rings. The van der Waals surface area contributed by atoms with E-state index < -0.39 is 0 Å². The summed E-state index contributed by atoms with van der Waals surface area (Å²) < 4.78 is 0.